The fourth-order valence-electron chi connectivity index (χ4n) is 3.66. The van der Waals surface area contributed by atoms with E-state index in [1.807, 2.05) is 0 Å². The number of methoxy groups -OCH3 is 1. The monoisotopic (exact) mass is 519 g/mol. The SMILES string of the molecule is COc1cc2c(Oc3ccc(CC(=O)N(F)c4ccccc4)cc3)ccnc2cc1OCCC(N)C(=O)O. The molecule has 38 heavy (non-hydrogen) atoms. The molecular formula is C28H26FN3O6. The highest BCUT2D eigenvalue weighted by atomic mass is 19.2. The summed E-state index contributed by atoms with van der Waals surface area (Å²) in [4.78, 5) is 27.6. The number of pyridine rings is 1. The number of carbonyl (C=O) groups excluding carboxylic acids is 1. The van der Waals surface area contributed by atoms with Crippen molar-refractivity contribution in [2.24, 2.45) is 5.73 Å². The van der Waals surface area contributed by atoms with Crippen LogP contribution in [0.3, 0.4) is 0 Å². The molecule has 4 aromatic rings. The van der Waals surface area contributed by atoms with Crippen LogP contribution in [0.25, 0.3) is 10.9 Å². The molecule has 0 saturated heterocycles. The number of benzene rings is 3. The number of para-hydroxylation sites is 1. The standard InChI is InChI=1S/C28H26FN3O6/c1-36-25-16-21-23(17-26(25)37-14-12-22(30)28(34)35)31-13-11-24(21)38-20-9-7-18(8-10-20)15-27(33)32(29)19-5-3-2-4-6-19/h2-11,13,16-17,22H,12,14-15,30H2,1H3,(H,34,35). The third kappa shape index (κ3) is 6.34. The van der Waals surface area contributed by atoms with Crippen LogP contribution in [0.5, 0.6) is 23.0 Å². The van der Waals surface area contributed by atoms with Crippen molar-refractivity contribution in [2.45, 2.75) is 18.9 Å². The van der Waals surface area contributed by atoms with E-state index >= 15 is 0 Å². The van der Waals surface area contributed by atoms with E-state index in [-0.39, 0.29) is 30.3 Å². The van der Waals surface area contributed by atoms with Gasteiger partial charge in [-0.3, -0.25) is 14.6 Å². The van der Waals surface area contributed by atoms with Gasteiger partial charge in [0, 0.05) is 24.1 Å². The first kappa shape index (κ1) is 26.4. The van der Waals surface area contributed by atoms with Crippen LogP contribution >= 0.6 is 0 Å². The lowest BCUT2D eigenvalue weighted by molar-refractivity contribution is -0.138. The number of amides is 1. The molecule has 1 aromatic heterocycles. The number of nitrogens with zero attached hydrogens (tertiary/aromatic N) is 2. The van der Waals surface area contributed by atoms with Crippen molar-refractivity contribution < 1.29 is 33.4 Å². The quantitative estimate of drug-likeness (QED) is 0.274. The molecule has 1 amide bonds. The number of hydrogen-bond acceptors (Lipinski definition) is 7. The van der Waals surface area contributed by atoms with E-state index in [0.717, 1.165) is 0 Å². The van der Waals surface area contributed by atoms with Crippen molar-refractivity contribution in [1.29, 1.82) is 0 Å². The number of halogens is 1. The molecule has 1 heterocycles. The Hall–Kier alpha value is -4.70. The third-order valence-electron chi connectivity index (χ3n) is 5.70. The summed E-state index contributed by atoms with van der Waals surface area (Å²) in [7, 11) is 1.49. The number of nitrogens with two attached hydrogens (primary N) is 1. The predicted molar refractivity (Wildman–Crippen MR) is 139 cm³/mol. The zero-order chi connectivity index (χ0) is 27.1. The molecule has 4 rings (SSSR count). The van der Waals surface area contributed by atoms with Gasteiger partial charge in [0.1, 0.15) is 17.5 Å². The Balaban J connectivity index is 1.46. The Morgan fingerprint density at radius 3 is 2.45 bits per heavy atom. The van der Waals surface area contributed by atoms with Crippen molar-refractivity contribution in [2.75, 3.05) is 18.8 Å². The Bertz CT molecular complexity index is 1420. The van der Waals surface area contributed by atoms with Gasteiger partial charge >= 0.3 is 5.97 Å². The molecule has 0 fully saturated rings. The highest BCUT2D eigenvalue weighted by Crippen LogP contribution is 2.37. The maximum Gasteiger partial charge on any atom is 0.320 e. The first-order valence-electron chi connectivity index (χ1n) is 11.7. The number of hydrogen-bond donors (Lipinski definition) is 2. The molecule has 1 unspecified atom stereocenters. The molecule has 0 radical (unpaired) electrons. The molecule has 0 spiro atoms. The minimum Gasteiger partial charge on any atom is -0.493 e. The zero-order valence-electron chi connectivity index (χ0n) is 20.5. The summed E-state index contributed by atoms with van der Waals surface area (Å²) in [6.45, 7) is 0.0892. The van der Waals surface area contributed by atoms with Gasteiger partial charge in [0.05, 0.1) is 31.3 Å². The van der Waals surface area contributed by atoms with Crippen molar-refractivity contribution >= 4 is 28.5 Å². The number of aliphatic carboxylic acids is 1. The second kappa shape index (κ2) is 12.0. The summed E-state index contributed by atoms with van der Waals surface area (Å²) in [6, 6.07) is 19.0. The summed E-state index contributed by atoms with van der Waals surface area (Å²) < 4.78 is 31.6. The number of carboxylic acids is 1. The Kier molecular flexibility index (Phi) is 8.34. The lowest BCUT2D eigenvalue weighted by Gasteiger charge is -2.15. The number of carbonyl (C=O) groups is 2. The van der Waals surface area contributed by atoms with E-state index in [1.165, 1.54) is 19.2 Å². The van der Waals surface area contributed by atoms with Gasteiger partial charge < -0.3 is 25.1 Å². The van der Waals surface area contributed by atoms with E-state index in [9.17, 15) is 14.1 Å². The predicted octanol–water partition coefficient (Wildman–Crippen LogP) is 4.68. The summed E-state index contributed by atoms with van der Waals surface area (Å²) in [5, 5.41) is 9.73. The largest absolute Gasteiger partial charge is 0.493 e. The highest BCUT2D eigenvalue weighted by Gasteiger charge is 2.17. The van der Waals surface area contributed by atoms with Crippen LogP contribution in [-0.2, 0) is 16.0 Å². The number of aromatic nitrogens is 1. The van der Waals surface area contributed by atoms with Crippen molar-refractivity contribution in [1.82, 2.24) is 4.98 Å². The van der Waals surface area contributed by atoms with Gasteiger partial charge in [-0.05, 0) is 42.0 Å². The second-order valence-corrected chi connectivity index (χ2v) is 8.34. The summed E-state index contributed by atoms with van der Waals surface area (Å²) >= 11 is 0. The summed E-state index contributed by atoms with van der Waals surface area (Å²) in [5.74, 6) is 0.0566. The average molecular weight is 520 g/mol. The topological polar surface area (TPSA) is 124 Å². The third-order valence-corrected chi connectivity index (χ3v) is 5.70. The second-order valence-electron chi connectivity index (χ2n) is 8.34. The Labute approximate surface area is 218 Å². The minimum absolute atomic E-state index is 0.0892. The average Bonchev–Trinajstić information content (AvgIpc) is 2.93. The molecule has 0 aliphatic rings. The number of rotatable bonds is 11. The van der Waals surface area contributed by atoms with Gasteiger partial charge in [0.25, 0.3) is 5.91 Å². The molecule has 9 nitrogen and oxygen atoms in total. The maximum atomic E-state index is 14.4. The van der Waals surface area contributed by atoms with E-state index in [4.69, 9.17) is 25.1 Å². The van der Waals surface area contributed by atoms with Crippen LogP contribution in [0, 0.1) is 0 Å². The lowest BCUT2D eigenvalue weighted by Crippen LogP contribution is -2.31. The van der Waals surface area contributed by atoms with E-state index in [1.54, 1.807) is 66.9 Å². The van der Waals surface area contributed by atoms with E-state index in [0.29, 0.717) is 39.5 Å². The number of anilines is 1. The van der Waals surface area contributed by atoms with Gasteiger partial charge in [0.2, 0.25) is 0 Å². The first-order chi connectivity index (χ1) is 18.4. The summed E-state index contributed by atoms with van der Waals surface area (Å²) in [6.07, 6.45) is 1.60. The zero-order valence-corrected chi connectivity index (χ0v) is 20.5. The molecular weight excluding hydrogens is 493 g/mol. The Morgan fingerprint density at radius 1 is 1.03 bits per heavy atom. The van der Waals surface area contributed by atoms with Gasteiger partial charge in [-0.15, -0.1) is 5.12 Å². The van der Waals surface area contributed by atoms with Gasteiger partial charge in [0.15, 0.2) is 11.5 Å². The van der Waals surface area contributed by atoms with Crippen LogP contribution in [-0.4, -0.2) is 41.7 Å². The first-order valence-corrected chi connectivity index (χ1v) is 11.7. The number of fused-ring (bicyclic) bond motifs is 1. The molecule has 1 atom stereocenters. The van der Waals surface area contributed by atoms with Crippen LogP contribution in [0.4, 0.5) is 10.2 Å². The molecule has 3 aromatic carbocycles. The number of carboxylic acid groups (broad SMARTS) is 1. The fourth-order valence-corrected chi connectivity index (χ4v) is 3.66. The van der Waals surface area contributed by atoms with Crippen molar-refractivity contribution in [3.05, 3.63) is 84.6 Å². The lowest BCUT2D eigenvalue weighted by atomic mass is 10.1. The molecule has 3 N–H and O–H groups in total. The van der Waals surface area contributed by atoms with Crippen LogP contribution in [0.1, 0.15) is 12.0 Å². The van der Waals surface area contributed by atoms with Gasteiger partial charge in [-0.2, -0.15) is 0 Å². The smallest absolute Gasteiger partial charge is 0.320 e. The van der Waals surface area contributed by atoms with Crippen LogP contribution in [0.2, 0.25) is 0 Å². The molecule has 196 valence electrons. The normalized spacial score (nSPS) is 11.6. The van der Waals surface area contributed by atoms with E-state index < -0.39 is 17.9 Å². The molecule has 0 saturated carbocycles. The number of ether oxygens (including phenoxy) is 3. The molecule has 0 aliphatic carbocycles. The van der Waals surface area contributed by atoms with Crippen molar-refractivity contribution in [3.63, 3.8) is 0 Å². The van der Waals surface area contributed by atoms with Crippen molar-refractivity contribution in [3.8, 4) is 23.0 Å². The van der Waals surface area contributed by atoms with Crippen LogP contribution in [0.15, 0.2) is 79.0 Å². The highest BCUT2D eigenvalue weighted by molar-refractivity contribution is 5.92. The molecule has 0 bridgehead atoms. The minimum atomic E-state index is -1.10. The molecule has 0 aliphatic heterocycles. The summed E-state index contributed by atoms with van der Waals surface area (Å²) in [5.41, 5.74) is 6.91. The maximum absolute atomic E-state index is 14.4. The van der Waals surface area contributed by atoms with E-state index in [2.05, 4.69) is 4.98 Å². The fraction of sp³-hybridized carbons (Fsp3) is 0.179. The Morgan fingerprint density at radius 2 is 1.76 bits per heavy atom. The molecule has 10 heteroatoms. The van der Waals surface area contributed by atoms with Gasteiger partial charge in [-0.1, -0.05) is 34.8 Å². The van der Waals surface area contributed by atoms with Crippen LogP contribution < -0.4 is 25.1 Å². The van der Waals surface area contributed by atoms with Gasteiger partial charge in [-0.25, -0.2) is 0 Å².